The predicted molar refractivity (Wildman–Crippen MR) is 89.2 cm³/mol. The first-order chi connectivity index (χ1) is 11.6. The highest BCUT2D eigenvalue weighted by atomic mass is 32.2. The van der Waals surface area contributed by atoms with Crippen LogP contribution in [-0.2, 0) is 19.4 Å². The van der Waals surface area contributed by atoms with E-state index in [0.717, 1.165) is 12.1 Å². The zero-order valence-corrected chi connectivity index (χ0v) is 15.0. The smallest absolute Gasteiger partial charge is 0.308 e. The van der Waals surface area contributed by atoms with Crippen LogP contribution in [0.2, 0.25) is 0 Å². The molecule has 3 atom stereocenters. The Kier molecular flexibility index (Phi) is 5.82. The normalized spacial score (nSPS) is 22.4. The lowest BCUT2D eigenvalue weighted by Crippen LogP contribution is -2.46. The Balaban J connectivity index is 2.08. The van der Waals surface area contributed by atoms with Crippen molar-refractivity contribution >= 4 is 21.7 Å². The molecule has 0 bridgehead atoms. The lowest BCUT2D eigenvalue weighted by Gasteiger charge is -2.35. The molecular weight excluding hydrogens is 349 g/mol. The van der Waals surface area contributed by atoms with E-state index in [9.17, 15) is 27.5 Å². The van der Waals surface area contributed by atoms with Gasteiger partial charge in [-0.2, -0.15) is 0 Å². The van der Waals surface area contributed by atoms with Crippen molar-refractivity contribution in [3.8, 4) is 0 Å². The predicted octanol–water partition coefficient (Wildman–Crippen LogP) is 1.95. The van der Waals surface area contributed by atoms with Gasteiger partial charge in [0.05, 0.1) is 16.1 Å². The second-order valence-corrected chi connectivity index (χ2v) is 9.05. The fourth-order valence-corrected chi connectivity index (χ4v) is 4.42. The number of piperidine rings is 1. The molecule has 0 radical (unpaired) electrons. The molecule has 138 valence electrons. The molecule has 1 aliphatic heterocycles. The number of rotatable bonds is 5. The van der Waals surface area contributed by atoms with Crippen LogP contribution in [0.25, 0.3) is 0 Å². The highest BCUT2D eigenvalue weighted by molar-refractivity contribution is 7.92. The van der Waals surface area contributed by atoms with E-state index in [-0.39, 0.29) is 29.7 Å². The van der Waals surface area contributed by atoms with Crippen LogP contribution in [-0.4, -0.2) is 48.6 Å². The van der Waals surface area contributed by atoms with Crippen LogP contribution in [0.5, 0.6) is 0 Å². The SMILES string of the molecule is CC1CC(C(=O)O)CN(C(=O)CC(C)S(=O)(=O)c2ccc(F)cc2)C1. The number of carbonyl (C=O) groups excluding carboxylic acids is 1. The van der Waals surface area contributed by atoms with E-state index in [1.54, 1.807) is 0 Å². The summed E-state index contributed by atoms with van der Waals surface area (Å²) in [6, 6.07) is 4.47. The summed E-state index contributed by atoms with van der Waals surface area (Å²) in [7, 11) is -3.76. The standard InChI is InChI=1S/C17H22FNO5S/c1-11-7-13(17(21)22)10-19(9-11)16(20)8-12(2)25(23,24)15-5-3-14(18)4-6-15/h3-6,11-13H,7-10H2,1-2H3,(H,21,22). The third-order valence-corrected chi connectivity index (χ3v) is 6.65. The van der Waals surface area contributed by atoms with Gasteiger partial charge in [0.25, 0.3) is 0 Å². The number of hydrogen-bond acceptors (Lipinski definition) is 4. The lowest BCUT2D eigenvalue weighted by molar-refractivity contribution is -0.146. The van der Waals surface area contributed by atoms with E-state index in [0.29, 0.717) is 13.0 Å². The molecule has 1 fully saturated rings. The molecule has 3 unspecified atom stereocenters. The zero-order valence-electron chi connectivity index (χ0n) is 14.2. The molecule has 6 nitrogen and oxygen atoms in total. The summed E-state index contributed by atoms with van der Waals surface area (Å²) >= 11 is 0. The first-order valence-corrected chi connectivity index (χ1v) is 9.66. The summed E-state index contributed by atoms with van der Waals surface area (Å²) in [5, 5.41) is 8.19. The largest absolute Gasteiger partial charge is 0.481 e. The van der Waals surface area contributed by atoms with Gasteiger partial charge in [-0.1, -0.05) is 6.92 Å². The minimum absolute atomic E-state index is 0.0374. The van der Waals surface area contributed by atoms with Crippen molar-refractivity contribution in [3.05, 3.63) is 30.1 Å². The summed E-state index contributed by atoms with van der Waals surface area (Å²) < 4.78 is 38.0. The van der Waals surface area contributed by atoms with Crippen molar-refractivity contribution in [1.82, 2.24) is 4.90 Å². The van der Waals surface area contributed by atoms with Crippen molar-refractivity contribution in [2.45, 2.75) is 36.8 Å². The Labute approximate surface area is 146 Å². The van der Waals surface area contributed by atoms with Gasteiger partial charge < -0.3 is 10.0 Å². The maximum Gasteiger partial charge on any atom is 0.308 e. The first kappa shape index (κ1) is 19.4. The topological polar surface area (TPSA) is 91.8 Å². The van der Waals surface area contributed by atoms with E-state index in [1.807, 2.05) is 6.92 Å². The van der Waals surface area contributed by atoms with Crippen LogP contribution in [0.15, 0.2) is 29.2 Å². The molecule has 1 aromatic carbocycles. The fourth-order valence-electron chi connectivity index (χ4n) is 3.08. The molecule has 0 aliphatic carbocycles. The van der Waals surface area contributed by atoms with Crippen molar-refractivity contribution < 1.29 is 27.5 Å². The van der Waals surface area contributed by atoms with Crippen LogP contribution in [0, 0.1) is 17.7 Å². The van der Waals surface area contributed by atoms with Gasteiger partial charge >= 0.3 is 5.97 Å². The molecule has 1 heterocycles. The Morgan fingerprint density at radius 3 is 2.44 bits per heavy atom. The summed E-state index contributed by atoms with van der Waals surface area (Å²) in [5.41, 5.74) is 0. The van der Waals surface area contributed by atoms with Gasteiger partial charge in [-0.05, 0) is 43.5 Å². The number of nitrogens with zero attached hydrogens (tertiary/aromatic N) is 1. The van der Waals surface area contributed by atoms with Gasteiger partial charge in [0.1, 0.15) is 5.82 Å². The molecule has 2 rings (SSSR count). The molecule has 8 heteroatoms. The number of hydrogen-bond donors (Lipinski definition) is 1. The van der Waals surface area contributed by atoms with Crippen molar-refractivity contribution in [1.29, 1.82) is 0 Å². The first-order valence-electron chi connectivity index (χ1n) is 8.11. The number of aliphatic carboxylic acids is 1. The Bertz CT molecular complexity index is 747. The third kappa shape index (κ3) is 4.56. The molecule has 0 saturated carbocycles. The van der Waals surface area contributed by atoms with E-state index in [4.69, 9.17) is 0 Å². The quantitative estimate of drug-likeness (QED) is 0.799. The number of benzene rings is 1. The highest BCUT2D eigenvalue weighted by Gasteiger charge is 2.34. The number of sulfone groups is 1. The average molecular weight is 371 g/mol. The van der Waals surface area contributed by atoms with Crippen molar-refractivity contribution in [2.75, 3.05) is 13.1 Å². The molecular formula is C17H22FNO5S. The average Bonchev–Trinajstić information content (AvgIpc) is 2.54. The van der Waals surface area contributed by atoms with Crippen LogP contribution >= 0.6 is 0 Å². The monoisotopic (exact) mass is 371 g/mol. The van der Waals surface area contributed by atoms with Crippen molar-refractivity contribution in [2.24, 2.45) is 11.8 Å². The number of halogens is 1. The van der Waals surface area contributed by atoms with Crippen LogP contribution in [0.4, 0.5) is 4.39 Å². The second-order valence-electron chi connectivity index (χ2n) is 6.69. The maximum absolute atomic E-state index is 13.0. The molecule has 25 heavy (non-hydrogen) atoms. The molecule has 1 aromatic rings. The fraction of sp³-hybridized carbons (Fsp3) is 0.529. The van der Waals surface area contributed by atoms with Crippen LogP contribution in [0.3, 0.4) is 0 Å². The van der Waals surface area contributed by atoms with Gasteiger partial charge in [-0.15, -0.1) is 0 Å². The Morgan fingerprint density at radius 2 is 1.88 bits per heavy atom. The van der Waals surface area contributed by atoms with Gasteiger partial charge in [-0.3, -0.25) is 9.59 Å². The Hall–Kier alpha value is -1.96. The zero-order chi connectivity index (χ0) is 18.8. The number of amides is 1. The van der Waals surface area contributed by atoms with Crippen LogP contribution < -0.4 is 0 Å². The molecule has 1 amide bonds. The van der Waals surface area contributed by atoms with E-state index in [2.05, 4.69) is 0 Å². The van der Waals surface area contributed by atoms with E-state index < -0.39 is 32.8 Å². The summed E-state index contributed by atoms with van der Waals surface area (Å²) in [6.45, 7) is 3.82. The Morgan fingerprint density at radius 1 is 1.28 bits per heavy atom. The minimum Gasteiger partial charge on any atom is -0.481 e. The number of carboxylic acids is 1. The van der Waals surface area contributed by atoms with Crippen molar-refractivity contribution in [3.63, 3.8) is 0 Å². The molecule has 1 saturated heterocycles. The van der Waals surface area contributed by atoms with Crippen LogP contribution in [0.1, 0.15) is 26.7 Å². The van der Waals surface area contributed by atoms with E-state index >= 15 is 0 Å². The third-order valence-electron chi connectivity index (χ3n) is 4.50. The highest BCUT2D eigenvalue weighted by Crippen LogP contribution is 2.24. The molecule has 1 N–H and O–H groups in total. The summed E-state index contributed by atoms with van der Waals surface area (Å²) in [6.07, 6.45) is 0.265. The number of likely N-dealkylation sites (tertiary alicyclic amines) is 1. The van der Waals surface area contributed by atoms with Gasteiger partial charge in [-0.25, -0.2) is 12.8 Å². The number of carboxylic acid groups (broad SMARTS) is 1. The lowest BCUT2D eigenvalue weighted by atomic mass is 9.90. The molecule has 0 aromatic heterocycles. The summed E-state index contributed by atoms with van der Waals surface area (Å²) in [4.78, 5) is 25.1. The van der Waals surface area contributed by atoms with E-state index in [1.165, 1.54) is 24.0 Å². The molecule has 1 aliphatic rings. The minimum atomic E-state index is -3.76. The van der Waals surface area contributed by atoms with Gasteiger partial charge in [0.15, 0.2) is 9.84 Å². The number of carbonyl (C=O) groups is 2. The summed E-state index contributed by atoms with van der Waals surface area (Å²) in [5.74, 6) is -2.45. The maximum atomic E-state index is 13.0. The van der Waals surface area contributed by atoms with Gasteiger partial charge in [0, 0.05) is 19.5 Å². The van der Waals surface area contributed by atoms with Gasteiger partial charge in [0.2, 0.25) is 5.91 Å². The molecule has 0 spiro atoms. The second kappa shape index (κ2) is 7.51.